The van der Waals surface area contributed by atoms with Crippen LogP contribution >= 0.6 is 11.6 Å². The monoisotopic (exact) mass is 445 g/mol. The Morgan fingerprint density at radius 3 is 2.63 bits per heavy atom. The highest BCUT2D eigenvalue weighted by Gasteiger charge is 2.18. The van der Waals surface area contributed by atoms with Crippen LogP contribution in [-0.2, 0) is 30.6 Å². The molecule has 1 atom stereocenters. The summed E-state index contributed by atoms with van der Waals surface area (Å²) >= 11 is 6.11. The third-order valence-electron chi connectivity index (χ3n) is 4.19. The van der Waals surface area contributed by atoms with Gasteiger partial charge in [0.25, 0.3) is 5.91 Å². The van der Waals surface area contributed by atoms with Gasteiger partial charge in [0.15, 0.2) is 0 Å². The predicted octanol–water partition coefficient (Wildman–Crippen LogP) is 2.87. The molecule has 0 aliphatic rings. The smallest absolute Gasteiger partial charge is 0.258 e. The number of carbonyl (C=O) groups excluding carboxylic acids is 1. The number of aromatic nitrogens is 2. The van der Waals surface area contributed by atoms with Crippen molar-refractivity contribution in [3.63, 3.8) is 0 Å². The van der Waals surface area contributed by atoms with Crippen LogP contribution in [0.3, 0.4) is 0 Å². The van der Waals surface area contributed by atoms with Gasteiger partial charge in [-0.2, -0.15) is 4.98 Å². The largest absolute Gasteiger partial charge is 0.472 e. The number of hydrogen-bond acceptors (Lipinski definition) is 6. The number of carbonyl (C=O) groups is 1. The van der Waals surface area contributed by atoms with Gasteiger partial charge >= 0.3 is 0 Å². The standard InChI is InChI=1S/C21H20ClN3O4S/c1-30(28)21-24-11-17(19(27)23-10-14-5-3-2-4-6-14)20(25-21)29-13-15-7-8-16(12-26)18(22)9-15/h2-9,11,26H,10,12-13H2,1H3,(H,23,27). The molecule has 156 valence electrons. The van der Waals surface area contributed by atoms with Crippen molar-refractivity contribution in [2.24, 2.45) is 0 Å². The molecule has 2 N–H and O–H groups in total. The van der Waals surface area contributed by atoms with Gasteiger partial charge in [-0.25, -0.2) is 4.98 Å². The van der Waals surface area contributed by atoms with Crippen LogP contribution in [0.5, 0.6) is 5.88 Å². The summed E-state index contributed by atoms with van der Waals surface area (Å²) in [5.74, 6) is -0.376. The molecular weight excluding hydrogens is 426 g/mol. The lowest BCUT2D eigenvalue weighted by Gasteiger charge is -2.12. The fourth-order valence-corrected chi connectivity index (χ4v) is 3.26. The molecule has 0 spiro atoms. The first-order chi connectivity index (χ1) is 14.5. The number of ether oxygens (including phenoxy) is 1. The molecule has 0 fully saturated rings. The van der Waals surface area contributed by atoms with Gasteiger partial charge < -0.3 is 15.2 Å². The topological polar surface area (TPSA) is 101 Å². The van der Waals surface area contributed by atoms with E-state index in [1.54, 1.807) is 18.2 Å². The van der Waals surface area contributed by atoms with Crippen molar-refractivity contribution in [2.75, 3.05) is 6.26 Å². The predicted molar refractivity (Wildman–Crippen MR) is 114 cm³/mol. The summed E-state index contributed by atoms with van der Waals surface area (Å²) in [6.45, 7) is 0.249. The van der Waals surface area contributed by atoms with Crippen molar-refractivity contribution in [2.45, 2.75) is 24.9 Å². The zero-order chi connectivity index (χ0) is 21.5. The molecule has 1 aromatic heterocycles. The molecule has 30 heavy (non-hydrogen) atoms. The molecule has 0 radical (unpaired) electrons. The summed E-state index contributed by atoms with van der Waals surface area (Å²) in [6, 6.07) is 14.6. The molecule has 0 saturated carbocycles. The number of nitrogens with one attached hydrogen (secondary N) is 1. The minimum Gasteiger partial charge on any atom is -0.472 e. The van der Waals surface area contributed by atoms with Crippen molar-refractivity contribution in [1.82, 2.24) is 15.3 Å². The quantitative estimate of drug-likeness (QED) is 0.517. The van der Waals surface area contributed by atoms with E-state index in [1.807, 2.05) is 30.3 Å². The van der Waals surface area contributed by atoms with Crippen molar-refractivity contribution in [3.8, 4) is 5.88 Å². The van der Waals surface area contributed by atoms with Crippen LogP contribution in [0.25, 0.3) is 0 Å². The van der Waals surface area contributed by atoms with Gasteiger partial charge in [0.05, 0.1) is 17.4 Å². The van der Waals surface area contributed by atoms with Crippen LogP contribution in [-0.4, -0.2) is 31.4 Å². The van der Waals surface area contributed by atoms with E-state index in [0.717, 1.165) is 11.1 Å². The zero-order valence-corrected chi connectivity index (χ0v) is 17.7. The average Bonchev–Trinajstić information content (AvgIpc) is 2.76. The number of rotatable bonds is 8. The van der Waals surface area contributed by atoms with E-state index in [1.165, 1.54) is 12.5 Å². The highest BCUT2D eigenvalue weighted by molar-refractivity contribution is 7.84. The van der Waals surface area contributed by atoms with Crippen LogP contribution in [0, 0.1) is 0 Å². The summed E-state index contributed by atoms with van der Waals surface area (Å²) in [5, 5.41) is 12.5. The van der Waals surface area contributed by atoms with Gasteiger partial charge in [-0.3, -0.25) is 9.00 Å². The molecule has 0 aliphatic heterocycles. The van der Waals surface area contributed by atoms with Gasteiger partial charge in [0.2, 0.25) is 11.0 Å². The minimum atomic E-state index is -1.43. The SMILES string of the molecule is CS(=O)c1ncc(C(=O)NCc2ccccc2)c(OCc2ccc(CO)c(Cl)c2)n1. The van der Waals surface area contributed by atoms with E-state index in [0.29, 0.717) is 17.1 Å². The molecule has 2 aromatic carbocycles. The number of hydrogen-bond donors (Lipinski definition) is 2. The lowest BCUT2D eigenvalue weighted by Crippen LogP contribution is -2.24. The molecule has 3 aromatic rings. The molecule has 0 saturated heterocycles. The summed E-state index contributed by atoms with van der Waals surface area (Å²) in [6.07, 6.45) is 2.75. The van der Waals surface area contributed by atoms with Gasteiger partial charge in [0, 0.05) is 24.0 Å². The van der Waals surface area contributed by atoms with Gasteiger partial charge in [-0.1, -0.05) is 54.1 Å². The second-order valence-corrected chi connectivity index (χ2v) is 8.05. The lowest BCUT2D eigenvalue weighted by atomic mass is 10.1. The summed E-state index contributed by atoms with van der Waals surface area (Å²) in [7, 11) is -1.43. The van der Waals surface area contributed by atoms with E-state index >= 15 is 0 Å². The number of benzene rings is 2. The van der Waals surface area contributed by atoms with Crippen LogP contribution in [0.15, 0.2) is 59.9 Å². The summed E-state index contributed by atoms with van der Waals surface area (Å²) in [5.41, 5.74) is 2.41. The van der Waals surface area contributed by atoms with Crippen LogP contribution < -0.4 is 10.1 Å². The van der Waals surface area contributed by atoms with E-state index in [2.05, 4.69) is 15.3 Å². The Hall–Kier alpha value is -2.81. The Morgan fingerprint density at radius 1 is 1.20 bits per heavy atom. The molecule has 0 bridgehead atoms. The van der Waals surface area contributed by atoms with Gasteiger partial charge in [-0.05, 0) is 22.8 Å². The van der Waals surface area contributed by atoms with Crippen LogP contribution in [0.4, 0.5) is 0 Å². The Labute approximate surface area is 181 Å². The second kappa shape index (κ2) is 10.3. The van der Waals surface area contributed by atoms with Crippen molar-refractivity contribution < 1.29 is 18.8 Å². The molecule has 7 nitrogen and oxygen atoms in total. The normalized spacial score (nSPS) is 11.7. The Morgan fingerprint density at radius 2 is 1.97 bits per heavy atom. The van der Waals surface area contributed by atoms with Crippen LogP contribution in [0.1, 0.15) is 27.0 Å². The van der Waals surface area contributed by atoms with Crippen molar-refractivity contribution in [3.05, 3.63) is 82.0 Å². The number of aliphatic hydroxyl groups excluding tert-OH is 1. The molecule has 9 heteroatoms. The fraction of sp³-hybridized carbons (Fsp3) is 0.190. The second-order valence-electron chi connectivity index (χ2n) is 6.37. The third kappa shape index (κ3) is 5.63. The van der Waals surface area contributed by atoms with Crippen LogP contribution in [0.2, 0.25) is 5.02 Å². The van der Waals surface area contributed by atoms with Gasteiger partial charge in [0.1, 0.15) is 12.2 Å². The van der Waals surface area contributed by atoms with Crippen molar-refractivity contribution in [1.29, 1.82) is 0 Å². The Kier molecular flexibility index (Phi) is 7.51. The maximum atomic E-state index is 12.7. The molecular formula is C21H20ClN3O4S. The Bertz CT molecular complexity index is 1060. The zero-order valence-electron chi connectivity index (χ0n) is 16.2. The number of nitrogens with zero attached hydrogens (tertiary/aromatic N) is 2. The van der Waals surface area contributed by atoms with E-state index in [9.17, 15) is 14.1 Å². The van der Waals surface area contributed by atoms with E-state index < -0.39 is 16.7 Å². The van der Waals surface area contributed by atoms with E-state index in [4.69, 9.17) is 16.3 Å². The Balaban J connectivity index is 1.78. The molecule has 0 aliphatic carbocycles. The summed E-state index contributed by atoms with van der Waals surface area (Å²) in [4.78, 5) is 20.8. The lowest BCUT2D eigenvalue weighted by molar-refractivity contribution is 0.0944. The average molecular weight is 446 g/mol. The molecule has 1 amide bonds. The molecule has 1 unspecified atom stereocenters. The van der Waals surface area contributed by atoms with Gasteiger partial charge in [-0.15, -0.1) is 0 Å². The minimum absolute atomic E-state index is 0.0307. The molecule has 1 heterocycles. The highest BCUT2D eigenvalue weighted by atomic mass is 35.5. The summed E-state index contributed by atoms with van der Waals surface area (Å²) < 4.78 is 17.5. The third-order valence-corrected chi connectivity index (χ3v) is 5.26. The first kappa shape index (κ1) is 21.9. The number of amides is 1. The first-order valence-electron chi connectivity index (χ1n) is 9.01. The maximum absolute atomic E-state index is 12.7. The molecule has 3 rings (SSSR count). The first-order valence-corrected chi connectivity index (χ1v) is 10.9. The van der Waals surface area contributed by atoms with Crippen molar-refractivity contribution >= 4 is 28.3 Å². The highest BCUT2D eigenvalue weighted by Crippen LogP contribution is 2.21. The maximum Gasteiger partial charge on any atom is 0.258 e. The van der Waals surface area contributed by atoms with E-state index in [-0.39, 0.29) is 29.8 Å². The number of halogens is 1. The number of aliphatic hydroxyl groups is 1. The fourth-order valence-electron chi connectivity index (χ4n) is 2.59.